The van der Waals surface area contributed by atoms with E-state index in [1.165, 1.54) is 0 Å². The molecule has 2 N–H and O–H groups in total. The zero-order chi connectivity index (χ0) is 18.7. The number of hydrogen-bond acceptors (Lipinski definition) is 4. The number of carboxylic acids is 1. The number of nitrogens with one attached hydrogen (secondary N) is 1. The molecule has 0 aromatic heterocycles. The van der Waals surface area contributed by atoms with Crippen LogP contribution in [0.5, 0.6) is 0 Å². The Hall–Kier alpha value is -2.34. The van der Waals surface area contributed by atoms with Crippen LogP contribution >= 0.6 is 0 Å². The minimum atomic E-state index is -0.903. The molecule has 2 atom stereocenters. The Morgan fingerprint density at radius 3 is 2.19 bits per heavy atom. The average molecular weight is 358 g/mol. The molecule has 0 unspecified atom stereocenters. The van der Waals surface area contributed by atoms with E-state index in [9.17, 15) is 14.7 Å². The fourth-order valence-electron chi connectivity index (χ4n) is 3.64. The highest BCUT2D eigenvalue weighted by atomic mass is 16.5. The van der Waals surface area contributed by atoms with Crippen LogP contribution in [-0.4, -0.2) is 43.3 Å². The van der Waals surface area contributed by atoms with Crippen LogP contribution < -0.4 is 10.2 Å². The Morgan fingerprint density at radius 2 is 1.62 bits per heavy atom. The van der Waals surface area contributed by atoms with Gasteiger partial charge in [-0.2, -0.15) is 0 Å². The van der Waals surface area contributed by atoms with Crippen molar-refractivity contribution in [2.45, 2.75) is 26.7 Å². The first-order valence-electron chi connectivity index (χ1n) is 9.07. The Labute approximate surface area is 153 Å². The summed E-state index contributed by atoms with van der Waals surface area (Å²) in [5, 5.41) is 12.4. The van der Waals surface area contributed by atoms with Crippen molar-refractivity contribution in [1.29, 1.82) is 0 Å². The van der Waals surface area contributed by atoms with Crippen molar-refractivity contribution in [3.05, 3.63) is 35.4 Å². The summed E-state index contributed by atoms with van der Waals surface area (Å²) in [4.78, 5) is 26.5. The lowest BCUT2D eigenvalue weighted by Gasteiger charge is -2.30. The van der Waals surface area contributed by atoms with E-state index in [0.29, 0.717) is 18.5 Å². The lowest BCUT2D eigenvalue weighted by Crippen LogP contribution is -2.36. The molecule has 26 heavy (non-hydrogen) atoms. The van der Waals surface area contributed by atoms with E-state index in [-0.39, 0.29) is 5.91 Å². The smallest absolute Gasteiger partial charge is 0.307 e. The number of morpholine rings is 1. The molecule has 1 aromatic carbocycles. The van der Waals surface area contributed by atoms with Gasteiger partial charge in [0.2, 0.25) is 5.91 Å². The summed E-state index contributed by atoms with van der Waals surface area (Å²) in [6.07, 6.45) is 0.940. The van der Waals surface area contributed by atoms with E-state index >= 15 is 0 Å². The van der Waals surface area contributed by atoms with Crippen LogP contribution in [0.2, 0.25) is 0 Å². The number of carbonyl (C=O) groups excluding carboxylic acids is 1. The number of ether oxygens (including phenoxy) is 1. The van der Waals surface area contributed by atoms with Crippen molar-refractivity contribution in [2.24, 2.45) is 11.8 Å². The van der Waals surface area contributed by atoms with Crippen LogP contribution in [0.25, 0.3) is 0 Å². The van der Waals surface area contributed by atoms with E-state index in [1.54, 1.807) is 0 Å². The SMILES string of the molecule is CC1=C(C)C[C@@H](C(=O)Nc2ccc(N3CCOCC3)cc2)[C@H](C(=O)O)C1. The summed E-state index contributed by atoms with van der Waals surface area (Å²) in [5.74, 6) is -2.32. The molecule has 0 bridgehead atoms. The number of anilines is 2. The Morgan fingerprint density at radius 1 is 1.04 bits per heavy atom. The molecular weight excluding hydrogens is 332 g/mol. The van der Waals surface area contributed by atoms with Crippen LogP contribution in [-0.2, 0) is 14.3 Å². The summed E-state index contributed by atoms with van der Waals surface area (Å²) >= 11 is 0. The number of nitrogens with zero attached hydrogens (tertiary/aromatic N) is 1. The van der Waals surface area contributed by atoms with Gasteiger partial charge in [-0.1, -0.05) is 11.1 Å². The van der Waals surface area contributed by atoms with E-state index in [1.807, 2.05) is 38.1 Å². The monoisotopic (exact) mass is 358 g/mol. The molecule has 1 aromatic rings. The molecule has 0 spiro atoms. The lowest BCUT2D eigenvalue weighted by molar-refractivity contribution is -0.146. The Bertz CT molecular complexity index is 705. The number of carbonyl (C=O) groups is 2. The fraction of sp³-hybridized carbons (Fsp3) is 0.500. The van der Waals surface area contributed by atoms with Gasteiger partial charge in [-0.05, 0) is 51.0 Å². The zero-order valence-corrected chi connectivity index (χ0v) is 15.3. The first-order chi connectivity index (χ1) is 12.5. The second kappa shape index (κ2) is 7.91. The largest absolute Gasteiger partial charge is 0.481 e. The van der Waals surface area contributed by atoms with Gasteiger partial charge >= 0.3 is 5.97 Å². The number of benzene rings is 1. The molecular formula is C20H26N2O4. The molecule has 2 aliphatic rings. The molecule has 1 heterocycles. The second-order valence-electron chi connectivity index (χ2n) is 7.16. The molecule has 6 nitrogen and oxygen atoms in total. The average Bonchev–Trinajstić information content (AvgIpc) is 2.64. The maximum atomic E-state index is 12.7. The minimum absolute atomic E-state index is 0.219. The van der Waals surface area contributed by atoms with Crippen LogP contribution in [0, 0.1) is 11.8 Å². The molecule has 0 radical (unpaired) electrons. The zero-order valence-electron chi connectivity index (χ0n) is 15.3. The van der Waals surface area contributed by atoms with Gasteiger partial charge in [-0.15, -0.1) is 0 Å². The lowest BCUT2D eigenvalue weighted by atomic mass is 9.76. The molecule has 0 saturated carbocycles. The number of allylic oxidation sites excluding steroid dienone is 2. The van der Waals surface area contributed by atoms with Gasteiger partial charge in [0.15, 0.2) is 0 Å². The van der Waals surface area contributed by atoms with Gasteiger partial charge in [-0.25, -0.2) is 0 Å². The molecule has 1 amide bonds. The predicted octanol–water partition coefficient (Wildman–Crippen LogP) is 2.91. The van der Waals surface area contributed by atoms with Crippen LogP contribution in [0.1, 0.15) is 26.7 Å². The third-order valence-electron chi connectivity index (χ3n) is 5.43. The van der Waals surface area contributed by atoms with Crippen molar-refractivity contribution in [3.8, 4) is 0 Å². The molecule has 3 rings (SSSR count). The van der Waals surface area contributed by atoms with Gasteiger partial charge < -0.3 is 20.1 Å². The Balaban J connectivity index is 1.67. The second-order valence-corrected chi connectivity index (χ2v) is 7.16. The summed E-state index contributed by atoms with van der Waals surface area (Å²) in [6.45, 7) is 7.10. The molecule has 1 aliphatic heterocycles. The molecule has 6 heteroatoms. The highest BCUT2D eigenvalue weighted by Gasteiger charge is 2.37. The van der Waals surface area contributed by atoms with Gasteiger partial charge in [0.05, 0.1) is 25.0 Å². The number of amides is 1. The quantitative estimate of drug-likeness (QED) is 0.809. The standard InChI is InChI=1S/C20H26N2O4/c1-13-11-17(18(20(24)25)12-14(13)2)19(23)21-15-3-5-16(6-4-15)22-7-9-26-10-8-22/h3-6,17-18H,7-12H2,1-2H3,(H,21,23)(H,24,25)/t17-,18-/m1/s1. The first kappa shape index (κ1) is 18.5. The number of carboxylic acid groups (broad SMARTS) is 1. The van der Waals surface area contributed by atoms with E-state index in [0.717, 1.165) is 43.1 Å². The highest BCUT2D eigenvalue weighted by molar-refractivity contribution is 5.95. The Kier molecular flexibility index (Phi) is 5.61. The number of hydrogen-bond donors (Lipinski definition) is 2. The summed E-state index contributed by atoms with van der Waals surface area (Å²) in [6, 6.07) is 7.70. The van der Waals surface area contributed by atoms with E-state index in [2.05, 4.69) is 10.2 Å². The number of rotatable bonds is 4. The molecule has 1 saturated heterocycles. The topological polar surface area (TPSA) is 78.9 Å². The fourth-order valence-corrected chi connectivity index (χ4v) is 3.64. The van der Waals surface area contributed by atoms with Crippen LogP contribution in [0.3, 0.4) is 0 Å². The van der Waals surface area contributed by atoms with Gasteiger partial charge in [0.1, 0.15) is 0 Å². The van der Waals surface area contributed by atoms with E-state index in [4.69, 9.17) is 4.74 Å². The van der Waals surface area contributed by atoms with Crippen molar-refractivity contribution in [3.63, 3.8) is 0 Å². The third-order valence-corrected chi connectivity index (χ3v) is 5.43. The molecule has 1 fully saturated rings. The predicted molar refractivity (Wildman–Crippen MR) is 100 cm³/mol. The van der Waals surface area contributed by atoms with E-state index < -0.39 is 17.8 Å². The van der Waals surface area contributed by atoms with Crippen LogP contribution in [0.15, 0.2) is 35.4 Å². The summed E-state index contributed by atoms with van der Waals surface area (Å²) < 4.78 is 5.36. The van der Waals surface area contributed by atoms with Gasteiger partial charge in [-0.3, -0.25) is 9.59 Å². The highest BCUT2D eigenvalue weighted by Crippen LogP contribution is 2.35. The molecule has 1 aliphatic carbocycles. The van der Waals surface area contributed by atoms with Gasteiger partial charge in [0, 0.05) is 24.5 Å². The minimum Gasteiger partial charge on any atom is -0.481 e. The summed E-state index contributed by atoms with van der Waals surface area (Å²) in [5.41, 5.74) is 3.99. The summed E-state index contributed by atoms with van der Waals surface area (Å²) in [7, 11) is 0. The number of aliphatic carboxylic acids is 1. The van der Waals surface area contributed by atoms with Crippen molar-refractivity contribution >= 4 is 23.3 Å². The van der Waals surface area contributed by atoms with Crippen molar-refractivity contribution in [2.75, 3.05) is 36.5 Å². The third kappa shape index (κ3) is 4.07. The first-order valence-corrected chi connectivity index (χ1v) is 9.07. The van der Waals surface area contributed by atoms with Crippen molar-refractivity contribution < 1.29 is 19.4 Å². The van der Waals surface area contributed by atoms with Crippen molar-refractivity contribution in [1.82, 2.24) is 0 Å². The van der Waals surface area contributed by atoms with Crippen LogP contribution in [0.4, 0.5) is 11.4 Å². The molecule has 140 valence electrons. The van der Waals surface area contributed by atoms with Gasteiger partial charge in [0.25, 0.3) is 0 Å². The normalized spacial score (nSPS) is 23.7. The maximum absolute atomic E-state index is 12.7. The maximum Gasteiger partial charge on any atom is 0.307 e.